The molecule has 536 valence electrons. The van der Waals surface area contributed by atoms with Gasteiger partial charge in [0.15, 0.2) is 11.4 Å². The molecule has 0 bridgehead atoms. The molecule has 2 N–H and O–H groups in total. The van der Waals surface area contributed by atoms with E-state index < -0.39 is 33.0 Å². The number of hydrogen-bond donors (Lipinski definition) is 2. The van der Waals surface area contributed by atoms with Gasteiger partial charge in [0.1, 0.15) is 0 Å². The Bertz CT molecular complexity index is 4240. The number of nitrogens with zero attached hydrogens (tertiary/aromatic N) is 6. The first-order valence-electron chi connectivity index (χ1n) is 33.5. The summed E-state index contributed by atoms with van der Waals surface area (Å²) in [6, 6.07) is 80.0. The average molecular weight is 1610 g/mol. The fourth-order valence-electron chi connectivity index (χ4n) is 12.4. The Morgan fingerprint density at radius 3 is 1.18 bits per heavy atom. The number of aliphatic hydroxyl groups is 2. The van der Waals surface area contributed by atoms with Gasteiger partial charge in [-0.05, 0) is 135 Å². The fourth-order valence-corrected chi connectivity index (χ4v) is 17.4. The topological polar surface area (TPSA) is 169 Å². The van der Waals surface area contributed by atoms with Crippen LogP contribution in [0, 0.1) is 24.2 Å². The summed E-state index contributed by atoms with van der Waals surface area (Å²) < 4.78 is 15.0. The summed E-state index contributed by atoms with van der Waals surface area (Å²) in [6.07, 6.45) is 9.40. The molecular formula is C83H85BrCl2N6O8P2Pd. The van der Waals surface area contributed by atoms with Gasteiger partial charge in [0.2, 0.25) is 11.2 Å². The third kappa shape index (κ3) is 20.4. The molecule has 2 unspecified atom stereocenters. The van der Waals surface area contributed by atoms with Gasteiger partial charge in [0.25, 0.3) is 11.8 Å². The molecule has 4 aliphatic rings. The van der Waals surface area contributed by atoms with E-state index in [0.717, 1.165) is 64.0 Å². The van der Waals surface area contributed by atoms with E-state index in [4.69, 9.17) is 35.0 Å². The van der Waals surface area contributed by atoms with Crippen LogP contribution in [-0.4, -0.2) is 115 Å². The third-order valence-corrected chi connectivity index (χ3v) is 22.9. The summed E-state index contributed by atoms with van der Waals surface area (Å²) >= 11 is 3.37. The molecule has 0 spiro atoms. The number of ether oxygens (including phenoxy) is 2. The first kappa shape index (κ1) is 80.4. The van der Waals surface area contributed by atoms with E-state index in [9.17, 15) is 29.4 Å². The number of carbonyl (C=O) groups is 4. The molecule has 2 aliphatic heterocycles. The van der Waals surface area contributed by atoms with Crippen molar-refractivity contribution in [1.82, 2.24) is 29.4 Å². The standard InChI is InChI=1S/C23H25N3O4.2C18H15P.C16H17BrN2O2.C7H9NO2.CH4.2ClH.Pd/c1-4-30-21(27)20-19-15(2)8-9-18(19)26(24-20)17-7-5-6-16(14-17)10-11-23(29)12-13-25(3)22(23)28;2*1-4-10-16(11-5-1)19(17-12-6-2-7-13-17)18-14-8-3-9-15-18;1-3-21-16(20)15-14-10(2)7-8-13(14)19(18-15)12-6-4-5-11(17)9-12;1-3-7(10)4-5-8(2)6(7)9;;;;/h5-7,14-15,29H,4,8-9,12-13H2,1-3H3;2*1-15H;4-6,9-10H,3,7-8H2,1-2H3;1,10H,4-5H2,2H3;1H4;2*1H;/q;;;;;;;;+2/p-2/t15?,23-;;;;7-;;;;/m0...0..../s1. The molecule has 2 saturated heterocycles. The van der Waals surface area contributed by atoms with Crippen molar-refractivity contribution in [2.75, 3.05) is 40.4 Å². The third-order valence-electron chi connectivity index (χ3n) is 17.5. The van der Waals surface area contributed by atoms with Gasteiger partial charge in [-0.15, -0.1) is 6.42 Å². The number of likely N-dealkylation sites (N-methyl/N-ethyl adjacent to an activating group) is 2. The molecule has 10 aromatic rings. The number of terminal acetylenes is 1. The molecule has 14 rings (SSSR count). The zero-order valence-corrected chi connectivity index (χ0v) is 64.1. The van der Waals surface area contributed by atoms with Crippen molar-refractivity contribution < 1.29 is 54.8 Å². The number of benzene rings is 8. The van der Waals surface area contributed by atoms with E-state index in [0.29, 0.717) is 62.0 Å². The van der Waals surface area contributed by atoms with Crippen molar-refractivity contribution in [1.29, 1.82) is 0 Å². The fraction of sp³-hybridized carbons (Fsp3) is 0.253. The minimum Gasteiger partial charge on any atom is -0.0622 e. The number of halogens is 3. The van der Waals surface area contributed by atoms with Gasteiger partial charge in [-0.25, -0.2) is 19.0 Å². The van der Waals surface area contributed by atoms with Crippen molar-refractivity contribution in [3.8, 4) is 35.6 Å². The molecule has 4 atom stereocenters. The Morgan fingerprint density at radius 1 is 0.553 bits per heavy atom. The maximum absolute atomic E-state index is 12.4. The zero-order valence-electron chi connectivity index (χ0n) is 57.6. The molecule has 2 amide bonds. The summed E-state index contributed by atoms with van der Waals surface area (Å²) in [5, 5.41) is 37.3. The minimum atomic E-state index is -1.63. The van der Waals surface area contributed by atoms with Gasteiger partial charge in [-0.1, -0.05) is 249 Å². The quantitative estimate of drug-likeness (QED) is 0.0519. The van der Waals surface area contributed by atoms with Gasteiger partial charge in [0, 0.05) is 72.6 Å². The van der Waals surface area contributed by atoms with Crippen LogP contribution in [-0.2, 0) is 47.8 Å². The van der Waals surface area contributed by atoms with Crippen LogP contribution in [0.1, 0.15) is 122 Å². The normalized spacial score (nSPS) is 17.3. The van der Waals surface area contributed by atoms with Crippen LogP contribution in [0.5, 0.6) is 0 Å². The second-order valence-electron chi connectivity index (χ2n) is 24.4. The minimum absolute atomic E-state index is 0. The average Bonchev–Trinajstić information content (AvgIpc) is 1.62. The van der Waals surface area contributed by atoms with Crippen LogP contribution >= 0.6 is 50.8 Å². The van der Waals surface area contributed by atoms with Crippen LogP contribution in [0.4, 0.5) is 0 Å². The van der Waals surface area contributed by atoms with E-state index >= 15 is 0 Å². The molecule has 2 fully saturated rings. The monoisotopic (exact) mass is 1610 g/mol. The van der Waals surface area contributed by atoms with Crippen LogP contribution in [0.25, 0.3) is 11.4 Å². The van der Waals surface area contributed by atoms with Crippen molar-refractivity contribution in [3.63, 3.8) is 0 Å². The Hall–Kier alpha value is -8.32. The Labute approximate surface area is 632 Å². The van der Waals surface area contributed by atoms with Crippen LogP contribution in [0.3, 0.4) is 0 Å². The van der Waals surface area contributed by atoms with E-state index in [1.54, 1.807) is 25.7 Å². The molecule has 2 aromatic heterocycles. The largest absolute Gasteiger partial charge is 0.0622 e. The van der Waals surface area contributed by atoms with Crippen molar-refractivity contribution in [2.45, 2.75) is 96.7 Å². The van der Waals surface area contributed by atoms with E-state index in [1.807, 2.05) is 60.1 Å². The van der Waals surface area contributed by atoms with Gasteiger partial charge in [0.05, 0.1) is 24.6 Å². The molecule has 14 nitrogen and oxygen atoms in total. The van der Waals surface area contributed by atoms with E-state index in [1.165, 1.54) is 41.6 Å². The Morgan fingerprint density at radius 2 is 0.883 bits per heavy atom. The number of aromatic nitrogens is 4. The van der Waals surface area contributed by atoms with E-state index in [2.05, 4.69) is 240 Å². The number of esters is 2. The summed E-state index contributed by atoms with van der Waals surface area (Å²) in [4.78, 5) is 50.6. The molecule has 4 heterocycles. The molecule has 8 aromatic carbocycles. The first-order valence-corrected chi connectivity index (χ1v) is 41.0. The second-order valence-corrected chi connectivity index (χ2v) is 32.1. The summed E-state index contributed by atoms with van der Waals surface area (Å²) in [5.74, 6) is 6.90. The number of amides is 2. The number of rotatable bonds is 12. The second kappa shape index (κ2) is 39.0. The summed E-state index contributed by atoms with van der Waals surface area (Å²) in [7, 11) is 12.0. The first-order chi connectivity index (χ1) is 49.4. The van der Waals surface area contributed by atoms with Crippen LogP contribution < -0.4 is 31.8 Å². The number of hydrogen-bond acceptors (Lipinski definition) is 10. The smallest absolute Gasteiger partial charge is 0.0134 e. The summed E-state index contributed by atoms with van der Waals surface area (Å²) in [6.45, 7) is 9.52. The molecule has 2 aliphatic carbocycles. The zero-order chi connectivity index (χ0) is 72.8. The number of carbonyl (C=O) groups excluding carboxylic acids is 4. The SMILES string of the molecule is C.C#C[C@]1(O)CCN(C)C1=O.CCOC(=O)c1nn(-c2cccc(Br)c2)c2c1C(C)CC2.CCOC(=O)c1nn(-c2cccc(C#C[C@]3(O)CCN(C)C3=O)c2)c2c1C(C)CC2.[Cl][Pd][Cl].c1ccc(P(c2ccccc2)c2ccccc2)cc1.c1ccc(P(c2ccccc2)c2ccccc2)cc1. The van der Waals surface area contributed by atoms with Crippen molar-refractivity contribution in [3.05, 3.63) is 274 Å². The van der Waals surface area contributed by atoms with Gasteiger partial charge < -0.3 is 29.5 Å². The molecular weight excluding hydrogens is 1530 g/mol. The van der Waals surface area contributed by atoms with Gasteiger partial charge in [-0.3, -0.25) is 9.59 Å². The molecule has 103 heavy (non-hydrogen) atoms. The van der Waals surface area contributed by atoms with E-state index in [-0.39, 0.29) is 47.1 Å². The molecule has 0 saturated carbocycles. The van der Waals surface area contributed by atoms with Gasteiger partial charge >= 0.3 is 46.9 Å². The summed E-state index contributed by atoms with van der Waals surface area (Å²) in [5.41, 5.74) is 4.25. The predicted molar refractivity (Wildman–Crippen MR) is 419 cm³/mol. The Balaban J connectivity index is 0.000000166. The maximum Gasteiger partial charge on any atom is -0.0134 e. The van der Waals surface area contributed by atoms with Crippen LogP contribution in [0.15, 0.2) is 235 Å². The predicted octanol–water partition coefficient (Wildman–Crippen LogP) is 14.0. The van der Waals surface area contributed by atoms with Crippen LogP contribution in [0.2, 0.25) is 0 Å². The van der Waals surface area contributed by atoms with Crippen molar-refractivity contribution in [2.24, 2.45) is 0 Å². The maximum atomic E-state index is 12.4. The number of likely N-dealkylation sites (tertiary alicyclic amines) is 2. The molecule has 0 radical (unpaired) electrons. The molecule has 20 heteroatoms. The van der Waals surface area contributed by atoms with Gasteiger partial charge in [-0.2, -0.15) is 10.2 Å². The number of fused-ring (bicyclic) bond motifs is 2. The van der Waals surface area contributed by atoms with Crippen molar-refractivity contribution >= 4 is 106 Å². The Kier molecular flexibility index (Phi) is 30.4.